The van der Waals surface area contributed by atoms with Gasteiger partial charge in [-0.05, 0) is 51.7 Å². The van der Waals surface area contributed by atoms with Crippen molar-refractivity contribution in [2.24, 2.45) is 5.41 Å². The van der Waals surface area contributed by atoms with Gasteiger partial charge in [-0.1, -0.05) is 6.92 Å². The maximum absolute atomic E-state index is 12.8. The molecule has 1 aliphatic rings. The Labute approximate surface area is 132 Å². The van der Waals surface area contributed by atoms with E-state index in [0.29, 0.717) is 12.3 Å². The van der Waals surface area contributed by atoms with Crippen LogP contribution in [0.25, 0.3) is 0 Å². The largest absolute Gasteiger partial charge is 0.467 e. The lowest BCUT2D eigenvalue weighted by atomic mass is 9.87. The van der Waals surface area contributed by atoms with Crippen LogP contribution in [0, 0.1) is 5.41 Å². The van der Waals surface area contributed by atoms with Crippen LogP contribution in [0.15, 0.2) is 22.8 Å². The molecule has 0 aliphatic carbocycles. The van der Waals surface area contributed by atoms with Crippen LogP contribution in [0.2, 0.25) is 0 Å². The van der Waals surface area contributed by atoms with E-state index in [1.165, 1.54) is 0 Å². The summed E-state index contributed by atoms with van der Waals surface area (Å²) in [4.78, 5) is 27.2. The van der Waals surface area contributed by atoms with Crippen LogP contribution in [0.3, 0.4) is 0 Å². The summed E-state index contributed by atoms with van der Waals surface area (Å²) in [6, 6.07) is 3.84. The van der Waals surface area contributed by atoms with Gasteiger partial charge in [0.25, 0.3) is 0 Å². The van der Waals surface area contributed by atoms with E-state index in [1.807, 2.05) is 4.90 Å². The molecule has 2 amide bonds. The molecule has 122 valence electrons. The monoisotopic (exact) mass is 306 g/mol. The molecule has 2 heterocycles. The minimum absolute atomic E-state index is 0.0732. The van der Waals surface area contributed by atoms with Crippen LogP contribution in [0.5, 0.6) is 0 Å². The quantitative estimate of drug-likeness (QED) is 0.851. The Bertz CT molecular complexity index is 508. The van der Waals surface area contributed by atoms with Gasteiger partial charge in [-0.2, -0.15) is 0 Å². The second kappa shape index (κ2) is 6.99. The second-order valence-corrected chi connectivity index (χ2v) is 6.44. The minimum atomic E-state index is -1.06. The van der Waals surface area contributed by atoms with E-state index >= 15 is 0 Å². The Morgan fingerprint density at radius 2 is 2.18 bits per heavy atom. The first-order valence-corrected chi connectivity index (χ1v) is 8.08. The van der Waals surface area contributed by atoms with E-state index in [1.54, 1.807) is 32.2 Å². The summed E-state index contributed by atoms with van der Waals surface area (Å²) in [5, 5.41) is 2.80. The van der Waals surface area contributed by atoms with Gasteiger partial charge in [-0.25, -0.2) is 0 Å². The van der Waals surface area contributed by atoms with Gasteiger partial charge in [0, 0.05) is 12.6 Å². The Kier molecular flexibility index (Phi) is 5.27. The number of rotatable bonds is 5. The summed E-state index contributed by atoms with van der Waals surface area (Å²) in [5.41, 5.74) is -1.06. The molecule has 2 rings (SSSR count). The summed E-state index contributed by atoms with van der Waals surface area (Å²) in [6.07, 6.45) is 5.72. The summed E-state index contributed by atoms with van der Waals surface area (Å²) in [5.74, 6) is 0.353. The van der Waals surface area contributed by atoms with E-state index in [0.717, 1.165) is 32.2 Å². The molecule has 1 N–H and O–H groups in total. The van der Waals surface area contributed by atoms with E-state index in [9.17, 15) is 9.59 Å². The molecule has 0 bridgehead atoms. The third-order valence-electron chi connectivity index (χ3n) is 4.46. The number of hydrogen-bond acceptors (Lipinski definition) is 3. The second-order valence-electron chi connectivity index (χ2n) is 6.44. The highest BCUT2D eigenvalue weighted by Gasteiger charge is 2.41. The summed E-state index contributed by atoms with van der Waals surface area (Å²) >= 11 is 0. The van der Waals surface area contributed by atoms with Crippen molar-refractivity contribution >= 4 is 11.8 Å². The molecule has 0 radical (unpaired) electrons. The number of piperidine rings is 1. The van der Waals surface area contributed by atoms with E-state index in [-0.39, 0.29) is 17.9 Å². The molecule has 1 aliphatic heterocycles. The highest BCUT2D eigenvalue weighted by molar-refractivity contribution is 6.04. The number of hydrogen-bond donors (Lipinski definition) is 1. The Hall–Kier alpha value is -1.78. The van der Waals surface area contributed by atoms with Crippen molar-refractivity contribution in [2.75, 3.05) is 6.54 Å². The van der Waals surface area contributed by atoms with Crippen molar-refractivity contribution < 1.29 is 14.0 Å². The average Bonchev–Trinajstić information content (AvgIpc) is 3.05. The lowest BCUT2D eigenvalue weighted by Gasteiger charge is -2.39. The van der Waals surface area contributed by atoms with Gasteiger partial charge in [-0.15, -0.1) is 0 Å². The number of carbonyl (C=O) groups is 2. The molecule has 5 heteroatoms. The lowest BCUT2D eigenvalue weighted by molar-refractivity contribution is -0.151. The van der Waals surface area contributed by atoms with Crippen LogP contribution in [-0.2, 0) is 16.1 Å². The minimum Gasteiger partial charge on any atom is -0.467 e. The maximum atomic E-state index is 12.8. The summed E-state index contributed by atoms with van der Waals surface area (Å²) in [7, 11) is 0. The summed E-state index contributed by atoms with van der Waals surface area (Å²) < 4.78 is 5.20. The Balaban J connectivity index is 2.00. The van der Waals surface area contributed by atoms with Gasteiger partial charge >= 0.3 is 0 Å². The highest BCUT2D eigenvalue weighted by Crippen LogP contribution is 2.27. The van der Waals surface area contributed by atoms with Gasteiger partial charge in [-0.3, -0.25) is 9.59 Å². The van der Waals surface area contributed by atoms with E-state index < -0.39 is 5.41 Å². The van der Waals surface area contributed by atoms with Crippen LogP contribution < -0.4 is 5.32 Å². The molecule has 1 aromatic heterocycles. The van der Waals surface area contributed by atoms with E-state index in [4.69, 9.17) is 4.42 Å². The number of nitrogens with zero attached hydrogens (tertiary/aromatic N) is 1. The predicted octanol–water partition coefficient (Wildman–Crippen LogP) is 2.71. The first-order valence-electron chi connectivity index (χ1n) is 8.08. The standard InChI is InChI=1S/C17H26N2O3/c1-4-13-8-5-6-10-19(13)16(21)17(2,3)15(20)18-12-14-9-7-11-22-14/h7,9,11,13H,4-6,8,10,12H2,1-3H3,(H,18,20). The first kappa shape index (κ1) is 16.6. The van der Waals surface area contributed by atoms with Crippen LogP contribution in [0.1, 0.15) is 52.2 Å². The molecular formula is C17H26N2O3. The zero-order valence-corrected chi connectivity index (χ0v) is 13.7. The fourth-order valence-corrected chi connectivity index (χ4v) is 2.95. The zero-order valence-electron chi connectivity index (χ0n) is 13.7. The van der Waals surface area contributed by atoms with Gasteiger partial charge in [0.15, 0.2) is 0 Å². The molecule has 1 aromatic rings. The molecule has 0 aromatic carbocycles. The van der Waals surface area contributed by atoms with Crippen LogP contribution >= 0.6 is 0 Å². The predicted molar refractivity (Wildman–Crippen MR) is 84.0 cm³/mol. The van der Waals surface area contributed by atoms with Gasteiger partial charge in [0.2, 0.25) is 11.8 Å². The molecule has 0 spiro atoms. The maximum Gasteiger partial charge on any atom is 0.237 e. The molecular weight excluding hydrogens is 280 g/mol. The lowest BCUT2D eigenvalue weighted by Crippen LogP contribution is -2.53. The number of furan rings is 1. The molecule has 1 unspecified atom stereocenters. The van der Waals surface area contributed by atoms with Crippen LogP contribution in [-0.4, -0.2) is 29.3 Å². The van der Waals surface area contributed by atoms with Gasteiger partial charge < -0.3 is 14.6 Å². The van der Waals surface area contributed by atoms with Crippen molar-refractivity contribution in [1.82, 2.24) is 10.2 Å². The molecule has 1 atom stereocenters. The zero-order chi connectivity index (χ0) is 16.2. The molecule has 0 saturated carbocycles. The fourth-order valence-electron chi connectivity index (χ4n) is 2.95. The smallest absolute Gasteiger partial charge is 0.237 e. The molecule has 22 heavy (non-hydrogen) atoms. The number of amides is 2. The van der Waals surface area contributed by atoms with Crippen molar-refractivity contribution in [3.05, 3.63) is 24.2 Å². The fraction of sp³-hybridized carbons (Fsp3) is 0.647. The Morgan fingerprint density at radius 3 is 2.82 bits per heavy atom. The SMILES string of the molecule is CCC1CCCCN1C(=O)C(C)(C)C(=O)NCc1ccco1. The van der Waals surface area contributed by atoms with E-state index in [2.05, 4.69) is 12.2 Å². The third-order valence-corrected chi connectivity index (χ3v) is 4.46. The van der Waals surface area contributed by atoms with Crippen molar-refractivity contribution in [3.63, 3.8) is 0 Å². The van der Waals surface area contributed by atoms with Crippen molar-refractivity contribution in [1.29, 1.82) is 0 Å². The number of nitrogens with one attached hydrogen (secondary N) is 1. The molecule has 1 saturated heterocycles. The first-order chi connectivity index (χ1) is 10.5. The van der Waals surface area contributed by atoms with Crippen molar-refractivity contribution in [2.45, 2.75) is 59.0 Å². The number of carbonyl (C=O) groups excluding carboxylic acids is 2. The van der Waals surface area contributed by atoms with Crippen molar-refractivity contribution in [3.8, 4) is 0 Å². The Morgan fingerprint density at radius 1 is 1.41 bits per heavy atom. The number of likely N-dealkylation sites (tertiary alicyclic amines) is 1. The van der Waals surface area contributed by atoms with Crippen LogP contribution in [0.4, 0.5) is 0 Å². The molecule has 5 nitrogen and oxygen atoms in total. The van der Waals surface area contributed by atoms with Gasteiger partial charge in [0.05, 0.1) is 12.8 Å². The summed E-state index contributed by atoms with van der Waals surface area (Å²) in [6.45, 7) is 6.56. The third kappa shape index (κ3) is 3.51. The van der Waals surface area contributed by atoms with Gasteiger partial charge in [0.1, 0.15) is 11.2 Å². The molecule has 1 fully saturated rings. The average molecular weight is 306 g/mol. The normalized spacial score (nSPS) is 19.0. The highest BCUT2D eigenvalue weighted by atomic mass is 16.3. The topological polar surface area (TPSA) is 62.6 Å².